The number of nitrogens with zero attached hydrogens (tertiary/aromatic N) is 6. The van der Waals surface area contributed by atoms with Crippen LogP contribution in [-0.2, 0) is 14.8 Å². The van der Waals surface area contributed by atoms with Gasteiger partial charge in [-0.15, -0.1) is 0 Å². The van der Waals surface area contributed by atoms with Crippen molar-refractivity contribution in [3.63, 3.8) is 0 Å². The van der Waals surface area contributed by atoms with Gasteiger partial charge in [0, 0.05) is 24.0 Å². The molecule has 44 heavy (non-hydrogen) atoms. The Morgan fingerprint density at radius 2 is 1.82 bits per heavy atom. The van der Waals surface area contributed by atoms with Gasteiger partial charge in [-0.3, -0.25) is 4.79 Å². The van der Waals surface area contributed by atoms with E-state index in [4.69, 9.17) is 14.1 Å². The van der Waals surface area contributed by atoms with Crippen LogP contribution in [0.25, 0.3) is 27.6 Å². The second kappa shape index (κ2) is 11.5. The van der Waals surface area contributed by atoms with Gasteiger partial charge in [0.05, 0.1) is 41.1 Å². The summed E-state index contributed by atoms with van der Waals surface area (Å²) in [6, 6.07) is 21.2. The summed E-state index contributed by atoms with van der Waals surface area (Å²) in [5.41, 5.74) is 6.75. The van der Waals surface area contributed by atoms with Gasteiger partial charge < -0.3 is 9.15 Å². The van der Waals surface area contributed by atoms with E-state index in [0.29, 0.717) is 46.0 Å². The number of sulfonamides is 1. The zero-order valence-corrected chi connectivity index (χ0v) is 25.0. The maximum absolute atomic E-state index is 13.1. The van der Waals surface area contributed by atoms with Crippen LogP contribution in [0.4, 0.5) is 0 Å². The third-order valence-electron chi connectivity index (χ3n) is 7.17. The number of benzene rings is 3. The molecule has 3 aromatic heterocycles. The van der Waals surface area contributed by atoms with Crippen LogP contribution in [0.5, 0.6) is 0 Å². The lowest BCUT2D eigenvalue weighted by molar-refractivity contribution is 0.0730. The van der Waals surface area contributed by atoms with Gasteiger partial charge in [0.1, 0.15) is 10.5 Å². The topological polar surface area (TPSA) is 144 Å². The SMILES string of the molecule is Cc1nn2c(nc(Sc3nc4ccccc4o3)c3ccccc32)c1/C=N/NC(=O)c1cccc(S(=O)(=O)N2CCOCC2)c1. The number of hydrazone groups is 1. The van der Waals surface area contributed by atoms with Crippen LogP contribution in [0.3, 0.4) is 0 Å². The summed E-state index contributed by atoms with van der Waals surface area (Å²) >= 11 is 1.31. The van der Waals surface area contributed by atoms with Gasteiger partial charge in [0.15, 0.2) is 11.2 Å². The first-order valence-corrected chi connectivity index (χ1v) is 16.0. The predicted molar refractivity (Wildman–Crippen MR) is 164 cm³/mol. The molecule has 14 heteroatoms. The van der Waals surface area contributed by atoms with Gasteiger partial charge in [-0.2, -0.15) is 14.5 Å². The summed E-state index contributed by atoms with van der Waals surface area (Å²) < 4.78 is 40.4. The van der Waals surface area contributed by atoms with Gasteiger partial charge in [-0.05, 0) is 55.1 Å². The van der Waals surface area contributed by atoms with Crippen molar-refractivity contribution < 1.29 is 22.4 Å². The molecule has 0 saturated carbocycles. The van der Waals surface area contributed by atoms with Crippen molar-refractivity contribution in [1.82, 2.24) is 29.3 Å². The summed E-state index contributed by atoms with van der Waals surface area (Å²) in [5.74, 6) is -0.556. The van der Waals surface area contributed by atoms with E-state index >= 15 is 0 Å². The normalized spacial score (nSPS) is 14.7. The molecule has 3 aromatic carbocycles. The van der Waals surface area contributed by atoms with Crippen molar-refractivity contribution in [2.45, 2.75) is 22.1 Å². The number of amides is 1. The number of aromatic nitrogens is 4. The smallest absolute Gasteiger partial charge is 0.271 e. The van der Waals surface area contributed by atoms with Gasteiger partial charge in [-0.1, -0.05) is 36.4 Å². The summed E-state index contributed by atoms with van der Waals surface area (Å²) in [7, 11) is -3.75. The number of hydrogen-bond donors (Lipinski definition) is 1. The second-order valence-corrected chi connectivity index (χ2v) is 12.8. The second-order valence-electron chi connectivity index (χ2n) is 9.96. The summed E-state index contributed by atoms with van der Waals surface area (Å²) in [6.45, 7) is 3.03. The molecule has 1 amide bonds. The van der Waals surface area contributed by atoms with Crippen LogP contribution in [-0.4, -0.2) is 70.7 Å². The van der Waals surface area contributed by atoms with E-state index in [1.54, 1.807) is 4.52 Å². The Kier molecular flexibility index (Phi) is 7.34. The molecule has 1 N–H and O–H groups in total. The van der Waals surface area contributed by atoms with Crippen LogP contribution in [0.15, 0.2) is 97.5 Å². The molecule has 4 heterocycles. The fourth-order valence-corrected chi connectivity index (χ4v) is 7.27. The Labute approximate surface area is 255 Å². The quantitative estimate of drug-likeness (QED) is 0.156. The molecule has 6 aromatic rings. The van der Waals surface area contributed by atoms with Gasteiger partial charge in [-0.25, -0.2) is 28.3 Å². The molecule has 1 aliphatic heterocycles. The van der Waals surface area contributed by atoms with Crippen LogP contribution in [0, 0.1) is 6.92 Å². The minimum atomic E-state index is -3.75. The van der Waals surface area contributed by atoms with Gasteiger partial charge in [0.25, 0.3) is 11.1 Å². The Balaban J connectivity index is 1.17. The van der Waals surface area contributed by atoms with Gasteiger partial charge >= 0.3 is 0 Å². The molecular formula is C30H25N7O5S2. The van der Waals surface area contributed by atoms with E-state index in [9.17, 15) is 13.2 Å². The number of carbonyl (C=O) groups excluding carboxylic acids is 1. The first kappa shape index (κ1) is 28.2. The number of aryl methyl sites for hydroxylation is 1. The zero-order valence-electron chi connectivity index (χ0n) is 23.4. The van der Waals surface area contributed by atoms with E-state index < -0.39 is 15.9 Å². The van der Waals surface area contributed by atoms with E-state index in [0.717, 1.165) is 16.4 Å². The lowest BCUT2D eigenvalue weighted by Gasteiger charge is -2.26. The number of nitrogens with one attached hydrogen (secondary N) is 1. The lowest BCUT2D eigenvalue weighted by atomic mass is 10.2. The van der Waals surface area contributed by atoms with E-state index in [2.05, 4.69) is 20.6 Å². The van der Waals surface area contributed by atoms with Crippen molar-refractivity contribution in [2.75, 3.05) is 26.3 Å². The van der Waals surface area contributed by atoms with Crippen LogP contribution >= 0.6 is 11.8 Å². The highest BCUT2D eigenvalue weighted by atomic mass is 32.2. The number of para-hydroxylation sites is 3. The lowest BCUT2D eigenvalue weighted by Crippen LogP contribution is -2.40. The molecule has 0 bridgehead atoms. The number of oxazole rings is 1. The number of morpholine rings is 1. The van der Waals surface area contributed by atoms with Crippen molar-refractivity contribution in [1.29, 1.82) is 0 Å². The van der Waals surface area contributed by atoms with Crippen molar-refractivity contribution in [2.24, 2.45) is 5.10 Å². The molecule has 0 radical (unpaired) electrons. The average Bonchev–Trinajstić information content (AvgIpc) is 3.61. The number of hydrogen-bond acceptors (Lipinski definition) is 10. The maximum atomic E-state index is 13.1. The molecule has 0 atom stereocenters. The van der Waals surface area contributed by atoms with E-state index in [1.165, 1.54) is 46.5 Å². The highest BCUT2D eigenvalue weighted by Gasteiger charge is 2.27. The molecule has 222 valence electrons. The molecule has 12 nitrogen and oxygen atoms in total. The Morgan fingerprint density at radius 1 is 1.02 bits per heavy atom. The highest BCUT2D eigenvalue weighted by Crippen LogP contribution is 2.34. The number of fused-ring (bicyclic) bond motifs is 4. The largest absolute Gasteiger partial charge is 0.431 e. The monoisotopic (exact) mass is 627 g/mol. The number of rotatable bonds is 7. The Bertz CT molecular complexity index is 2150. The molecule has 0 unspecified atom stereocenters. The van der Waals surface area contributed by atoms with E-state index in [-0.39, 0.29) is 23.5 Å². The summed E-state index contributed by atoms with van der Waals surface area (Å²) in [5, 5.41) is 10.9. The van der Waals surface area contributed by atoms with Crippen molar-refractivity contribution in [3.05, 3.63) is 89.6 Å². The van der Waals surface area contributed by atoms with Gasteiger partial charge in [0.2, 0.25) is 10.0 Å². The molecule has 1 aliphatic rings. The Morgan fingerprint density at radius 3 is 2.66 bits per heavy atom. The fourth-order valence-electron chi connectivity index (χ4n) is 4.96. The average molecular weight is 628 g/mol. The third kappa shape index (κ3) is 5.21. The molecule has 1 fully saturated rings. The van der Waals surface area contributed by atoms with Crippen LogP contribution in [0.1, 0.15) is 21.6 Å². The first-order valence-electron chi connectivity index (χ1n) is 13.7. The summed E-state index contributed by atoms with van der Waals surface area (Å²) in [4.78, 5) is 22.5. The molecule has 1 saturated heterocycles. The minimum absolute atomic E-state index is 0.0366. The molecule has 0 aliphatic carbocycles. The molecule has 0 spiro atoms. The van der Waals surface area contributed by atoms with Crippen LogP contribution < -0.4 is 5.43 Å². The minimum Gasteiger partial charge on any atom is -0.431 e. The fraction of sp³-hybridized carbons (Fsp3) is 0.167. The Hall–Kier alpha value is -4.63. The maximum Gasteiger partial charge on any atom is 0.271 e. The molecule has 7 rings (SSSR count). The summed E-state index contributed by atoms with van der Waals surface area (Å²) in [6.07, 6.45) is 1.49. The number of carbonyl (C=O) groups is 1. The number of ether oxygens (including phenoxy) is 1. The van der Waals surface area contributed by atoms with Crippen molar-refractivity contribution >= 4 is 61.6 Å². The molecular weight excluding hydrogens is 603 g/mol. The standard InChI is InChI=1S/C30H25N7O5S2/c1-19-23(18-31-34-28(38)20-7-6-8-21(17-20)44(39,40)36-13-15-41-16-14-36)27-33-29(22-9-2-4-11-25(22)37(27)35-19)43-30-32-24-10-3-5-12-26(24)42-30/h2-12,17-18H,13-16H2,1H3,(H,34,38)/b31-18+. The van der Waals surface area contributed by atoms with Crippen molar-refractivity contribution in [3.8, 4) is 0 Å². The predicted octanol–water partition coefficient (Wildman–Crippen LogP) is 4.27. The van der Waals surface area contributed by atoms with Crippen LogP contribution in [0.2, 0.25) is 0 Å². The zero-order chi connectivity index (χ0) is 30.3. The third-order valence-corrected chi connectivity index (χ3v) is 9.92. The van der Waals surface area contributed by atoms with E-state index in [1.807, 2.05) is 55.5 Å². The highest BCUT2D eigenvalue weighted by molar-refractivity contribution is 7.99. The first-order chi connectivity index (χ1) is 21.4.